The van der Waals surface area contributed by atoms with Gasteiger partial charge in [-0.1, -0.05) is 18.6 Å². The van der Waals surface area contributed by atoms with E-state index in [9.17, 15) is 4.79 Å². The van der Waals surface area contributed by atoms with Crippen LogP contribution in [-0.2, 0) is 9.53 Å². The fraction of sp³-hybridized carbons (Fsp3) is 0.786. The molecular weight excluding hydrogens is 214 g/mol. The van der Waals surface area contributed by atoms with Crippen molar-refractivity contribution in [2.24, 2.45) is 0 Å². The van der Waals surface area contributed by atoms with Crippen LogP contribution in [0.4, 0.5) is 0 Å². The first kappa shape index (κ1) is 14.2. The molecule has 0 spiro atoms. The maximum Gasteiger partial charge on any atom is 0.307 e. The number of ether oxygens (including phenoxy) is 1. The Hall–Kier alpha value is -0.830. The molecule has 3 heteroatoms. The van der Waals surface area contributed by atoms with Crippen molar-refractivity contribution in [3.8, 4) is 0 Å². The SMILES string of the molecule is C=C1CCCCC1NCCC(=O)OC(C)(C)C. The van der Waals surface area contributed by atoms with Crippen molar-refractivity contribution in [1.82, 2.24) is 5.32 Å². The Morgan fingerprint density at radius 1 is 1.47 bits per heavy atom. The molecule has 0 aliphatic heterocycles. The molecule has 17 heavy (non-hydrogen) atoms. The highest BCUT2D eigenvalue weighted by molar-refractivity contribution is 5.70. The number of carbonyl (C=O) groups is 1. The molecule has 0 saturated heterocycles. The fourth-order valence-corrected chi connectivity index (χ4v) is 2.07. The normalized spacial score (nSPS) is 21.4. The molecule has 1 aliphatic rings. The summed E-state index contributed by atoms with van der Waals surface area (Å²) in [6, 6.07) is 0.395. The van der Waals surface area contributed by atoms with Crippen LogP contribution in [0.3, 0.4) is 0 Å². The van der Waals surface area contributed by atoms with E-state index in [1.807, 2.05) is 20.8 Å². The number of esters is 1. The van der Waals surface area contributed by atoms with E-state index >= 15 is 0 Å². The van der Waals surface area contributed by atoms with Crippen LogP contribution >= 0.6 is 0 Å². The van der Waals surface area contributed by atoms with Gasteiger partial charge in [0.15, 0.2) is 0 Å². The van der Waals surface area contributed by atoms with Crippen molar-refractivity contribution in [3.63, 3.8) is 0 Å². The van der Waals surface area contributed by atoms with Gasteiger partial charge in [0, 0.05) is 12.6 Å². The van der Waals surface area contributed by atoms with Gasteiger partial charge in [0.25, 0.3) is 0 Å². The maximum atomic E-state index is 11.5. The first-order chi connectivity index (χ1) is 7.88. The van der Waals surface area contributed by atoms with Gasteiger partial charge in [-0.2, -0.15) is 0 Å². The van der Waals surface area contributed by atoms with Crippen LogP contribution in [0.1, 0.15) is 52.9 Å². The second kappa shape index (κ2) is 6.20. The molecule has 1 atom stereocenters. The van der Waals surface area contributed by atoms with Crippen molar-refractivity contribution in [1.29, 1.82) is 0 Å². The lowest BCUT2D eigenvalue weighted by atomic mass is 9.91. The Kier molecular flexibility index (Phi) is 5.19. The predicted octanol–water partition coefficient (Wildman–Crippen LogP) is 2.81. The largest absolute Gasteiger partial charge is 0.460 e. The van der Waals surface area contributed by atoms with Crippen molar-refractivity contribution >= 4 is 5.97 Å². The van der Waals surface area contributed by atoms with Gasteiger partial charge in [-0.15, -0.1) is 0 Å². The highest BCUT2D eigenvalue weighted by Crippen LogP contribution is 2.21. The first-order valence-electron chi connectivity index (χ1n) is 6.51. The summed E-state index contributed by atoms with van der Waals surface area (Å²) in [6.45, 7) is 10.4. The zero-order valence-electron chi connectivity index (χ0n) is 11.3. The van der Waals surface area contributed by atoms with E-state index in [4.69, 9.17) is 4.74 Å². The quantitative estimate of drug-likeness (QED) is 0.605. The van der Waals surface area contributed by atoms with Crippen LogP contribution < -0.4 is 5.32 Å². The Labute approximate surface area is 105 Å². The molecule has 3 nitrogen and oxygen atoms in total. The summed E-state index contributed by atoms with van der Waals surface area (Å²) in [5, 5.41) is 3.39. The van der Waals surface area contributed by atoms with Crippen LogP contribution in [-0.4, -0.2) is 24.2 Å². The average molecular weight is 239 g/mol. The summed E-state index contributed by atoms with van der Waals surface area (Å²) in [5.41, 5.74) is 0.895. The highest BCUT2D eigenvalue weighted by Gasteiger charge is 2.18. The van der Waals surface area contributed by atoms with Gasteiger partial charge < -0.3 is 10.1 Å². The van der Waals surface area contributed by atoms with E-state index < -0.39 is 0 Å². The summed E-state index contributed by atoms with van der Waals surface area (Å²) in [4.78, 5) is 11.5. The number of carbonyl (C=O) groups excluding carboxylic acids is 1. The Morgan fingerprint density at radius 3 is 2.76 bits per heavy atom. The zero-order chi connectivity index (χ0) is 12.9. The van der Waals surface area contributed by atoms with E-state index in [-0.39, 0.29) is 11.6 Å². The predicted molar refractivity (Wildman–Crippen MR) is 69.9 cm³/mol. The van der Waals surface area contributed by atoms with Gasteiger partial charge in [-0.3, -0.25) is 4.79 Å². The van der Waals surface area contributed by atoms with Gasteiger partial charge in [0.1, 0.15) is 5.60 Å². The molecule has 1 saturated carbocycles. The first-order valence-corrected chi connectivity index (χ1v) is 6.51. The summed E-state index contributed by atoms with van der Waals surface area (Å²) < 4.78 is 5.25. The molecular formula is C14H25NO2. The molecule has 0 aromatic heterocycles. The molecule has 1 aliphatic carbocycles. The molecule has 1 rings (SSSR count). The van der Waals surface area contributed by atoms with Crippen LogP contribution in [0, 0.1) is 0 Å². The van der Waals surface area contributed by atoms with E-state index in [1.165, 1.54) is 18.4 Å². The van der Waals surface area contributed by atoms with Crippen LogP contribution in [0.25, 0.3) is 0 Å². The third kappa shape index (κ3) is 5.87. The molecule has 0 radical (unpaired) electrons. The lowest BCUT2D eigenvalue weighted by Gasteiger charge is -2.26. The molecule has 1 fully saturated rings. The summed E-state index contributed by atoms with van der Waals surface area (Å²) in [7, 11) is 0. The fourth-order valence-electron chi connectivity index (χ4n) is 2.07. The molecule has 0 heterocycles. The van der Waals surface area contributed by atoms with Gasteiger partial charge in [-0.05, 0) is 40.0 Å². The maximum absolute atomic E-state index is 11.5. The van der Waals surface area contributed by atoms with E-state index in [1.54, 1.807) is 0 Å². The highest BCUT2D eigenvalue weighted by atomic mass is 16.6. The minimum atomic E-state index is -0.383. The van der Waals surface area contributed by atoms with Gasteiger partial charge in [-0.25, -0.2) is 0 Å². The van der Waals surface area contributed by atoms with Crippen molar-refractivity contribution < 1.29 is 9.53 Å². The second-order valence-corrected chi connectivity index (χ2v) is 5.75. The van der Waals surface area contributed by atoms with E-state index in [0.717, 1.165) is 12.8 Å². The number of hydrogen-bond donors (Lipinski definition) is 1. The van der Waals surface area contributed by atoms with Gasteiger partial charge in [0.2, 0.25) is 0 Å². The standard InChI is InChI=1S/C14H25NO2/c1-11-7-5-6-8-12(11)15-10-9-13(16)17-14(2,3)4/h12,15H,1,5-10H2,2-4H3. The van der Waals surface area contributed by atoms with Gasteiger partial charge in [0.05, 0.1) is 6.42 Å². The summed E-state index contributed by atoms with van der Waals surface area (Å²) in [6.07, 6.45) is 5.20. The third-order valence-electron chi connectivity index (χ3n) is 2.87. The monoisotopic (exact) mass is 239 g/mol. The molecule has 0 bridgehead atoms. The van der Waals surface area contributed by atoms with Crippen LogP contribution in [0.15, 0.2) is 12.2 Å². The Morgan fingerprint density at radius 2 is 2.18 bits per heavy atom. The van der Waals surface area contributed by atoms with E-state index in [2.05, 4.69) is 11.9 Å². The third-order valence-corrected chi connectivity index (χ3v) is 2.87. The Balaban J connectivity index is 2.19. The number of rotatable bonds is 4. The average Bonchev–Trinajstić information content (AvgIpc) is 2.18. The van der Waals surface area contributed by atoms with Crippen molar-refractivity contribution in [3.05, 3.63) is 12.2 Å². The molecule has 1 N–H and O–H groups in total. The number of hydrogen-bond acceptors (Lipinski definition) is 3. The smallest absolute Gasteiger partial charge is 0.307 e. The minimum Gasteiger partial charge on any atom is -0.460 e. The Bertz CT molecular complexity index is 278. The van der Waals surface area contributed by atoms with Crippen molar-refractivity contribution in [2.45, 2.75) is 64.5 Å². The molecule has 0 aromatic rings. The summed E-state index contributed by atoms with van der Waals surface area (Å²) in [5.74, 6) is -0.133. The number of nitrogens with one attached hydrogen (secondary N) is 1. The lowest BCUT2D eigenvalue weighted by molar-refractivity contribution is -0.154. The summed E-state index contributed by atoms with van der Waals surface area (Å²) >= 11 is 0. The lowest BCUT2D eigenvalue weighted by Crippen LogP contribution is -2.35. The molecule has 98 valence electrons. The van der Waals surface area contributed by atoms with E-state index in [0.29, 0.717) is 19.0 Å². The van der Waals surface area contributed by atoms with Crippen LogP contribution in [0.5, 0.6) is 0 Å². The minimum absolute atomic E-state index is 0.133. The molecule has 1 unspecified atom stereocenters. The van der Waals surface area contributed by atoms with Crippen molar-refractivity contribution in [2.75, 3.05) is 6.54 Å². The van der Waals surface area contributed by atoms with Gasteiger partial charge >= 0.3 is 5.97 Å². The van der Waals surface area contributed by atoms with Crippen LogP contribution in [0.2, 0.25) is 0 Å². The molecule has 0 amide bonds. The topological polar surface area (TPSA) is 38.3 Å². The molecule has 0 aromatic carbocycles. The second-order valence-electron chi connectivity index (χ2n) is 5.75. The zero-order valence-corrected chi connectivity index (χ0v) is 11.3.